The zero-order valence-electron chi connectivity index (χ0n) is 21.3. The minimum absolute atomic E-state index is 0.0954. The summed E-state index contributed by atoms with van der Waals surface area (Å²) in [5.74, 6) is 0.901. The van der Waals surface area contributed by atoms with Crippen LogP contribution in [0.5, 0.6) is 0 Å². The second-order valence-corrected chi connectivity index (χ2v) is 21.9. The van der Waals surface area contributed by atoms with Gasteiger partial charge in [0.1, 0.15) is 5.78 Å². The van der Waals surface area contributed by atoms with Crippen LogP contribution in [0.15, 0.2) is 23.3 Å². The average molecular weight is 451 g/mol. The molecule has 1 saturated carbocycles. The molecule has 2 aliphatic carbocycles. The zero-order valence-corrected chi connectivity index (χ0v) is 23.3. The molecular formula is C25H46O3Si2. The molecule has 2 aliphatic rings. The van der Waals surface area contributed by atoms with Crippen LogP contribution in [-0.4, -0.2) is 35.6 Å². The highest BCUT2D eigenvalue weighted by molar-refractivity contribution is 6.74. The molecule has 30 heavy (non-hydrogen) atoms. The number of rotatable bonds is 8. The van der Waals surface area contributed by atoms with Crippen molar-refractivity contribution >= 4 is 22.4 Å². The third kappa shape index (κ3) is 6.05. The zero-order chi connectivity index (χ0) is 23.0. The van der Waals surface area contributed by atoms with E-state index in [0.29, 0.717) is 11.7 Å². The molecule has 0 heterocycles. The standard InChI is InChI=1S/C25H46O3Si2/c1-24(2,3)29(7,8)27-15-13-19-17-20-11-12-22(26)23(20)21(18-19)14-16-28-30(9,10)25(4,5)6/h17-18,20,23H,11-16H2,1-10H3/t20-,23-/m0/s1. The van der Waals surface area contributed by atoms with Crippen molar-refractivity contribution in [3.63, 3.8) is 0 Å². The Morgan fingerprint density at radius 2 is 1.40 bits per heavy atom. The van der Waals surface area contributed by atoms with Crippen molar-refractivity contribution in [1.82, 2.24) is 0 Å². The van der Waals surface area contributed by atoms with Gasteiger partial charge in [-0.1, -0.05) is 59.3 Å². The number of fused-ring (bicyclic) bond motifs is 1. The molecule has 0 radical (unpaired) electrons. The Morgan fingerprint density at radius 3 is 1.90 bits per heavy atom. The van der Waals surface area contributed by atoms with Gasteiger partial charge in [-0.15, -0.1) is 0 Å². The van der Waals surface area contributed by atoms with Gasteiger partial charge < -0.3 is 8.85 Å². The fourth-order valence-corrected chi connectivity index (χ4v) is 5.94. The van der Waals surface area contributed by atoms with Gasteiger partial charge in [0.15, 0.2) is 16.6 Å². The highest BCUT2D eigenvalue weighted by atomic mass is 28.4. The smallest absolute Gasteiger partial charge is 0.191 e. The summed E-state index contributed by atoms with van der Waals surface area (Å²) >= 11 is 0. The van der Waals surface area contributed by atoms with E-state index in [1.807, 2.05) is 0 Å². The summed E-state index contributed by atoms with van der Waals surface area (Å²) in [7, 11) is -3.48. The quantitative estimate of drug-likeness (QED) is 0.365. The van der Waals surface area contributed by atoms with Gasteiger partial charge in [0.05, 0.1) is 0 Å². The molecule has 0 spiro atoms. The molecule has 0 saturated heterocycles. The van der Waals surface area contributed by atoms with Crippen LogP contribution < -0.4 is 0 Å². The van der Waals surface area contributed by atoms with Gasteiger partial charge in [0.2, 0.25) is 0 Å². The number of Topliss-reactive ketones (excluding diaryl/α,β-unsaturated/α-hetero) is 1. The van der Waals surface area contributed by atoms with E-state index < -0.39 is 16.6 Å². The third-order valence-electron chi connectivity index (χ3n) is 8.02. The largest absolute Gasteiger partial charge is 0.417 e. The Morgan fingerprint density at radius 1 is 0.900 bits per heavy atom. The summed E-state index contributed by atoms with van der Waals surface area (Å²) in [5, 5.41) is 0.449. The van der Waals surface area contributed by atoms with Crippen molar-refractivity contribution in [1.29, 1.82) is 0 Å². The maximum atomic E-state index is 12.6. The van der Waals surface area contributed by atoms with Gasteiger partial charge in [0, 0.05) is 25.6 Å². The summed E-state index contributed by atoms with van der Waals surface area (Å²) in [6.07, 6.45) is 8.20. The summed E-state index contributed by atoms with van der Waals surface area (Å²) < 4.78 is 12.8. The first-order valence-electron chi connectivity index (χ1n) is 11.8. The molecule has 0 aliphatic heterocycles. The predicted octanol–water partition coefficient (Wildman–Crippen LogP) is 7.27. The molecule has 0 N–H and O–H groups in total. The molecule has 2 rings (SSSR count). The molecule has 2 atom stereocenters. The van der Waals surface area contributed by atoms with Gasteiger partial charge in [-0.3, -0.25) is 4.79 Å². The number of carbonyl (C=O) groups excluding carboxylic acids is 1. The van der Waals surface area contributed by atoms with Crippen molar-refractivity contribution in [2.75, 3.05) is 13.2 Å². The first kappa shape index (κ1) is 25.8. The highest BCUT2D eigenvalue weighted by Gasteiger charge is 2.40. The number of allylic oxidation sites excluding steroid dienone is 2. The molecule has 0 aromatic carbocycles. The Bertz CT molecular complexity index is 690. The van der Waals surface area contributed by atoms with Gasteiger partial charge in [0.25, 0.3) is 0 Å². The number of hydrogen-bond donors (Lipinski definition) is 0. The Hall–Kier alpha value is -0.496. The minimum Gasteiger partial charge on any atom is -0.417 e. The summed E-state index contributed by atoms with van der Waals surface area (Å²) in [5.41, 5.74) is 2.65. The second-order valence-electron chi connectivity index (χ2n) is 12.3. The Labute approximate surface area is 188 Å². The second kappa shape index (κ2) is 9.17. The Balaban J connectivity index is 2.03. The lowest BCUT2D eigenvalue weighted by atomic mass is 9.80. The maximum absolute atomic E-state index is 12.6. The molecule has 1 fully saturated rings. The van der Waals surface area contributed by atoms with Crippen LogP contribution in [0.3, 0.4) is 0 Å². The lowest BCUT2D eigenvalue weighted by molar-refractivity contribution is -0.120. The molecule has 172 valence electrons. The first-order valence-corrected chi connectivity index (χ1v) is 17.6. The predicted molar refractivity (Wildman–Crippen MR) is 133 cm³/mol. The fraction of sp³-hybridized carbons (Fsp3) is 0.800. The van der Waals surface area contributed by atoms with E-state index in [2.05, 4.69) is 79.9 Å². The molecule has 0 aromatic heterocycles. The molecule has 0 unspecified atom stereocenters. The van der Waals surface area contributed by atoms with Gasteiger partial charge in [-0.25, -0.2) is 0 Å². The van der Waals surface area contributed by atoms with Crippen molar-refractivity contribution in [3.05, 3.63) is 23.3 Å². The molecule has 0 amide bonds. The van der Waals surface area contributed by atoms with Crippen molar-refractivity contribution in [2.45, 2.75) is 103 Å². The molecule has 0 aromatic rings. The average Bonchev–Trinajstić information content (AvgIpc) is 2.93. The molecule has 5 heteroatoms. The monoisotopic (exact) mass is 450 g/mol. The van der Waals surface area contributed by atoms with Crippen LogP contribution in [0.25, 0.3) is 0 Å². The van der Waals surface area contributed by atoms with Crippen LogP contribution in [0, 0.1) is 11.8 Å². The topological polar surface area (TPSA) is 35.5 Å². The van der Waals surface area contributed by atoms with Gasteiger partial charge >= 0.3 is 0 Å². The van der Waals surface area contributed by atoms with Crippen LogP contribution in [-0.2, 0) is 13.6 Å². The van der Waals surface area contributed by atoms with Crippen molar-refractivity contribution in [2.24, 2.45) is 11.8 Å². The van der Waals surface area contributed by atoms with Crippen LogP contribution in [0.2, 0.25) is 36.3 Å². The number of ketones is 1. The minimum atomic E-state index is -1.76. The molecule has 0 bridgehead atoms. The highest BCUT2D eigenvalue weighted by Crippen LogP contribution is 2.42. The van der Waals surface area contributed by atoms with E-state index in [1.54, 1.807) is 0 Å². The van der Waals surface area contributed by atoms with E-state index in [9.17, 15) is 4.79 Å². The summed E-state index contributed by atoms with van der Waals surface area (Å²) in [6, 6.07) is 0. The Kier molecular flexibility index (Phi) is 7.87. The van der Waals surface area contributed by atoms with E-state index in [0.717, 1.165) is 38.9 Å². The van der Waals surface area contributed by atoms with Gasteiger partial charge in [-0.05, 0) is 67.0 Å². The maximum Gasteiger partial charge on any atom is 0.191 e. The van der Waals surface area contributed by atoms with Crippen LogP contribution in [0.4, 0.5) is 0 Å². The number of carbonyl (C=O) groups is 1. The van der Waals surface area contributed by atoms with Crippen LogP contribution in [0.1, 0.15) is 67.2 Å². The molecule has 3 nitrogen and oxygen atoms in total. The normalized spacial score (nSPS) is 23.3. The third-order valence-corrected chi connectivity index (χ3v) is 17.1. The van der Waals surface area contributed by atoms with E-state index >= 15 is 0 Å². The van der Waals surface area contributed by atoms with Crippen molar-refractivity contribution < 1.29 is 13.6 Å². The summed E-state index contributed by atoms with van der Waals surface area (Å²) in [4.78, 5) is 12.6. The number of hydrogen-bond acceptors (Lipinski definition) is 3. The lowest BCUT2D eigenvalue weighted by Gasteiger charge is -2.37. The van der Waals surface area contributed by atoms with Crippen LogP contribution >= 0.6 is 0 Å². The van der Waals surface area contributed by atoms with E-state index in [4.69, 9.17) is 8.85 Å². The summed E-state index contributed by atoms with van der Waals surface area (Å²) in [6.45, 7) is 24.4. The lowest BCUT2D eigenvalue weighted by Crippen LogP contribution is -2.41. The molecular weight excluding hydrogens is 404 g/mol. The SMILES string of the molecule is CC(C)(C)[Si](C)(C)OCCC1=C[C@@H]2CCC(=O)[C@@H]2C(CCO[Si](C)(C)C(C)(C)C)=C1. The van der Waals surface area contributed by atoms with E-state index in [-0.39, 0.29) is 16.0 Å². The van der Waals surface area contributed by atoms with Crippen molar-refractivity contribution in [3.8, 4) is 0 Å². The van der Waals surface area contributed by atoms with E-state index in [1.165, 1.54) is 11.1 Å². The first-order chi connectivity index (χ1) is 13.6. The van der Waals surface area contributed by atoms with Gasteiger partial charge in [-0.2, -0.15) is 0 Å². The fourth-order valence-electron chi connectivity index (χ4n) is 3.85.